The highest BCUT2D eigenvalue weighted by Crippen LogP contribution is 2.44. The second kappa shape index (κ2) is 11.7. The molecule has 0 bridgehead atoms. The molecule has 0 aliphatic rings. The molecule has 0 saturated heterocycles. The molecule has 0 fully saturated rings. The van der Waals surface area contributed by atoms with Gasteiger partial charge in [0, 0.05) is 33.0 Å². The van der Waals surface area contributed by atoms with Gasteiger partial charge in [-0.25, -0.2) is 15.0 Å². The highest BCUT2D eigenvalue weighted by molar-refractivity contribution is 6.20. The molecule has 0 radical (unpaired) electrons. The quantitative estimate of drug-likeness (QED) is 0.174. The maximum atomic E-state index is 6.83. The lowest BCUT2D eigenvalue weighted by Crippen LogP contribution is -2.01. The van der Waals surface area contributed by atoms with Crippen molar-refractivity contribution < 1.29 is 4.42 Å². The average molecular weight is 676 g/mol. The van der Waals surface area contributed by atoms with Crippen LogP contribution in [0.4, 0.5) is 0 Å². The van der Waals surface area contributed by atoms with E-state index in [2.05, 4.69) is 164 Å². The molecular weight excluding hydrogens is 647 g/mol. The molecule has 0 spiro atoms. The summed E-state index contributed by atoms with van der Waals surface area (Å²) in [5, 5.41) is 11.3. The molecule has 53 heavy (non-hydrogen) atoms. The van der Waals surface area contributed by atoms with Gasteiger partial charge in [0.2, 0.25) is 0 Å². The van der Waals surface area contributed by atoms with Crippen molar-refractivity contribution in [3.05, 3.63) is 176 Å². The van der Waals surface area contributed by atoms with Gasteiger partial charge < -0.3 is 4.42 Å². The number of nitrogens with zero attached hydrogens (tertiary/aromatic N) is 3. The maximum absolute atomic E-state index is 6.83. The molecule has 0 saturated carbocycles. The summed E-state index contributed by atoms with van der Waals surface area (Å²) in [6, 6.07) is 61.6. The molecule has 0 aliphatic carbocycles. The van der Waals surface area contributed by atoms with Crippen LogP contribution in [0, 0.1) is 0 Å². The fourth-order valence-corrected chi connectivity index (χ4v) is 8.00. The molecule has 0 atom stereocenters. The van der Waals surface area contributed by atoms with Crippen LogP contribution in [0.25, 0.3) is 110 Å². The number of fused-ring (bicyclic) bond motifs is 8. The van der Waals surface area contributed by atoms with Gasteiger partial charge in [-0.3, -0.25) is 0 Å². The Bertz CT molecular complexity index is 3250. The van der Waals surface area contributed by atoms with E-state index in [4.69, 9.17) is 19.4 Å². The summed E-state index contributed by atoms with van der Waals surface area (Å²) < 4.78 is 6.83. The molecule has 11 rings (SSSR count). The van der Waals surface area contributed by atoms with Gasteiger partial charge in [0.05, 0.1) is 0 Å². The first-order valence-corrected chi connectivity index (χ1v) is 17.9. The standard InChI is InChI=1S/C49H29N3O/c1-2-14-32-28-34(25-24-30(32)12-1)47-50-48(40-22-11-16-31-13-3-5-17-35(31)40)52-49(51-47)42-27-26-39(46-45(42)41-21-9-10-23-44(41)53-46)43-29-33-15-4-6-18-36(33)37-19-7-8-20-38(37)43/h1-29H. The van der Waals surface area contributed by atoms with E-state index < -0.39 is 0 Å². The van der Waals surface area contributed by atoms with Crippen molar-refractivity contribution in [1.29, 1.82) is 0 Å². The van der Waals surface area contributed by atoms with Crippen molar-refractivity contribution in [3.8, 4) is 45.3 Å². The van der Waals surface area contributed by atoms with Crippen LogP contribution >= 0.6 is 0 Å². The Morgan fingerprint density at radius 3 is 1.77 bits per heavy atom. The van der Waals surface area contributed by atoms with Crippen molar-refractivity contribution in [2.75, 3.05) is 0 Å². The molecule has 11 aromatic rings. The zero-order valence-corrected chi connectivity index (χ0v) is 28.5. The Hall–Kier alpha value is -7.17. The van der Waals surface area contributed by atoms with Gasteiger partial charge in [0.15, 0.2) is 17.5 Å². The fourth-order valence-electron chi connectivity index (χ4n) is 8.00. The van der Waals surface area contributed by atoms with Crippen LogP contribution in [-0.2, 0) is 0 Å². The second-order valence-corrected chi connectivity index (χ2v) is 13.5. The minimum absolute atomic E-state index is 0.595. The van der Waals surface area contributed by atoms with Gasteiger partial charge in [0.1, 0.15) is 11.2 Å². The Kier molecular flexibility index (Phi) is 6.52. The van der Waals surface area contributed by atoms with Gasteiger partial charge >= 0.3 is 0 Å². The van der Waals surface area contributed by atoms with Crippen LogP contribution in [0.3, 0.4) is 0 Å². The lowest BCUT2D eigenvalue weighted by Gasteiger charge is -2.14. The number of benzene rings is 9. The summed E-state index contributed by atoms with van der Waals surface area (Å²) in [6.07, 6.45) is 0. The molecule has 0 N–H and O–H groups in total. The van der Waals surface area contributed by atoms with Gasteiger partial charge in [-0.15, -0.1) is 0 Å². The molecule has 9 aromatic carbocycles. The Morgan fingerprint density at radius 1 is 0.321 bits per heavy atom. The summed E-state index contributed by atoms with van der Waals surface area (Å²) in [5.74, 6) is 1.84. The normalized spacial score (nSPS) is 11.8. The minimum Gasteiger partial charge on any atom is -0.455 e. The van der Waals surface area contributed by atoms with Crippen LogP contribution in [0.1, 0.15) is 0 Å². The van der Waals surface area contributed by atoms with E-state index in [1.807, 2.05) is 12.1 Å². The SMILES string of the molecule is c1ccc2cc(-c3nc(-c4cccc5ccccc45)nc(-c4ccc(-c5cc6ccccc6c6ccccc56)c5oc6ccccc6c45)n3)ccc2c1. The van der Waals surface area contributed by atoms with E-state index in [0.717, 1.165) is 65.9 Å². The lowest BCUT2D eigenvalue weighted by molar-refractivity contribution is 0.670. The highest BCUT2D eigenvalue weighted by Gasteiger charge is 2.22. The van der Waals surface area contributed by atoms with Gasteiger partial charge in [-0.2, -0.15) is 0 Å². The zero-order chi connectivity index (χ0) is 34.9. The van der Waals surface area contributed by atoms with E-state index in [9.17, 15) is 0 Å². The fraction of sp³-hybridized carbons (Fsp3) is 0. The monoisotopic (exact) mass is 675 g/mol. The topological polar surface area (TPSA) is 51.8 Å². The van der Waals surface area contributed by atoms with Gasteiger partial charge in [0.25, 0.3) is 0 Å². The Labute approximate surface area is 304 Å². The van der Waals surface area contributed by atoms with Crippen molar-refractivity contribution in [1.82, 2.24) is 15.0 Å². The maximum Gasteiger partial charge on any atom is 0.164 e. The first-order valence-electron chi connectivity index (χ1n) is 17.9. The molecular formula is C49H29N3O. The number of rotatable bonds is 4. The number of hydrogen-bond donors (Lipinski definition) is 0. The summed E-state index contributed by atoms with van der Waals surface area (Å²) in [7, 11) is 0. The average Bonchev–Trinajstić information content (AvgIpc) is 3.62. The number of hydrogen-bond acceptors (Lipinski definition) is 4. The predicted molar refractivity (Wildman–Crippen MR) is 219 cm³/mol. The van der Waals surface area contributed by atoms with Gasteiger partial charge in [-0.05, 0) is 79.0 Å². The molecule has 0 aliphatic heterocycles. The van der Waals surface area contributed by atoms with Crippen LogP contribution < -0.4 is 0 Å². The van der Waals surface area contributed by atoms with Crippen LogP contribution in [0.2, 0.25) is 0 Å². The molecule has 4 nitrogen and oxygen atoms in total. The summed E-state index contributed by atoms with van der Waals surface area (Å²) in [6.45, 7) is 0. The summed E-state index contributed by atoms with van der Waals surface area (Å²) >= 11 is 0. The molecule has 0 unspecified atom stereocenters. The van der Waals surface area contributed by atoms with Crippen molar-refractivity contribution in [2.24, 2.45) is 0 Å². The molecule has 246 valence electrons. The number of aromatic nitrogens is 3. The molecule has 0 amide bonds. The van der Waals surface area contributed by atoms with E-state index >= 15 is 0 Å². The molecule has 4 heteroatoms. The number of furan rings is 1. The van der Waals surface area contributed by atoms with Crippen molar-refractivity contribution in [3.63, 3.8) is 0 Å². The second-order valence-electron chi connectivity index (χ2n) is 13.5. The van der Waals surface area contributed by atoms with E-state index in [1.54, 1.807) is 0 Å². The molecule has 2 heterocycles. The van der Waals surface area contributed by atoms with E-state index in [-0.39, 0.29) is 0 Å². The molecule has 2 aromatic heterocycles. The third-order valence-electron chi connectivity index (χ3n) is 10.5. The van der Waals surface area contributed by atoms with E-state index in [0.29, 0.717) is 17.5 Å². The Morgan fingerprint density at radius 2 is 0.925 bits per heavy atom. The van der Waals surface area contributed by atoms with E-state index in [1.165, 1.54) is 26.9 Å². The zero-order valence-electron chi connectivity index (χ0n) is 28.5. The van der Waals surface area contributed by atoms with Crippen LogP contribution in [-0.4, -0.2) is 15.0 Å². The third-order valence-corrected chi connectivity index (χ3v) is 10.5. The highest BCUT2D eigenvalue weighted by atomic mass is 16.3. The third kappa shape index (κ3) is 4.73. The number of para-hydroxylation sites is 1. The van der Waals surface area contributed by atoms with Crippen molar-refractivity contribution >= 4 is 65.0 Å². The minimum atomic E-state index is 0.595. The summed E-state index contributed by atoms with van der Waals surface area (Å²) in [5.41, 5.74) is 6.56. The largest absolute Gasteiger partial charge is 0.455 e. The van der Waals surface area contributed by atoms with Crippen molar-refractivity contribution in [2.45, 2.75) is 0 Å². The van der Waals surface area contributed by atoms with Crippen LogP contribution in [0.15, 0.2) is 180 Å². The first kappa shape index (κ1) is 29.5. The summed E-state index contributed by atoms with van der Waals surface area (Å²) in [4.78, 5) is 15.7. The Balaban J connectivity index is 1.21. The lowest BCUT2D eigenvalue weighted by atomic mass is 9.91. The predicted octanol–water partition coefficient (Wildman–Crippen LogP) is 13.1. The van der Waals surface area contributed by atoms with Crippen LogP contribution in [0.5, 0.6) is 0 Å². The first-order chi connectivity index (χ1) is 26.3. The van der Waals surface area contributed by atoms with Gasteiger partial charge in [-0.1, -0.05) is 146 Å². The smallest absolute Gasteiger partial charge is 0.164 e.